The van der Waals surface area contributed by atoms with Crippen molar-refractivity contribution in [3.05, 3.63) is 75.8 Å². The predicted octanol–water partition coefficient (Wildman–Crippen LogP) is 6.33. The lowest BCUT2D eigenvalue weighted by Crippen LogP contribution is -2.14. The lowest BCUT2D eigenvalue weighted by Gasteiger charge is -2.12. The number of hydrogen-bond acceptors (Lipinski definition) is 4. The summed E-state index contributed by atoms with van der Waals surface area (Å²) in [5.74, 6) is 0.656. The lowest BCUT2D eigenvalue weighted by atomic mass is 10.1. The number of fused-ring (bicyclic) bond motifs is 1. The summed E-state index contributed by atoms with van der Waals surface area (Å²) in [4.78, 5) is 17.5. The number of carbonyl (C=O) groups is 1. The first kappa shape index (κ1) is 20.0. The van der Waals surface area contributed by atoms with Gasteiger partial charge in [0, 0.05) is 16.3 Å². The molecule has 30 heavy (non-hydrogen) atoms. The van der Waals surface area contributed by atoms with Gasteiger partial charge in [-0.05, 0) is 73.9 Å². The molecule has 4 aromatic rings. The van der Waals surface area contributed by atoms with E-state index < -0.39 is 0 Å². The maximum Gasteiger partial charge on any atom is 0.259 e. The van der Waals surface area contributed by atoms with Crippen LogP contribution < -0.4 is 10.1 Å². The number of halogens is 1. The minimum atomic E-state index is -0.307. The Balaban J connectivity index is 1.70. The van der Waals surface area contributed by atoms with E-state index in [1.807, 2.05) is 45.0 Å². The van der Waals surface area contributed by atoms with Crippen LogP contribution in [-0.2, 0) is 0 Å². The summed E-state index contributed by atoms with van der Waals surface area (Å²) >= 11 is 6.06. The van der Waals surface area contributed by atoms with Crippen molar-refractivity contribution in [3.8, 4) is 17.2 Å². The maximum atomic E-state index is 12.9. The lowest BCUT2D eigenvalue weighted by molar-refractivity contribution is 0.102. The molecule has 0 atom stereocenters. The predicted molar refractivity (Wildman–Crippen MR) is 120 cm³/mol. The van der Waals surface area contributed by atoms with Crippen molar-refractivity contribution in [2.45, 2.75) is 20.8 Å². The van der Waals surface area contributed by atoms with Crippen molar-refractivity contribution in [2.24, 2.45) is 0 Å². The number of aryl methyl sites for hydroxylation is 3. The van der Waals surface area contributed by atoms with Crippen LogP contribution in [0.1, 0.15) is 27.0 Å². The number of oxazole rings is 1. The Kier molecular flexibility index (Phi) is 5.22. The van der Waals surface area contributed by atoms with Gasteiger partial charge in [0.2, 0.25) is 5.89 Å². The summed E-state index contributed by atoms with van der Waals surface area (Å²) in [5.41, 5.74) is 6.48. The summed E-state index contributed by atoms with van der Waals surface area (Å²) in [6.45, 7) is 5.96. The van der Waals surface area contributed by atoms with Crippen molar-refractivity contribution in [2.75, 3.05) is 12.4 Å². The topological polar surface area (TPSA) is 64.4 Å². The number of nitrogens with zero attached hydrogens (tertiary/aromatic N) is 1. The third-order valence-corrected chi connectivity index (χ3v) is 5.19. The molecular formula is C24H21ClN2O3. The average molecular weight is 421 g/mol. The van der Waals surface area contributed by atoms with E-state index in [0.717, 1.165) is 33.4 Å². The second-order valence-corrected chi connectivity index (χ2v) is 7.71. The molecule has 1 N–H and O–H groups in total. The van der Waals surface area contributed by atoms with E-state index in [4.69, 9.17) is 20.8 Å². The highest BCUT2D eigenvalue weighted by molar-refractivity contribution is 6.31. The molecule has 0 bridgehead atoms. The molecule has 0 radical (unpaired) electrons. The van der Waals surface area contributed by atoms with Crippen LogP contribution in [0.2, 0.25) is 5.02 Å². The normalized spacial score (nSPS) is 11.0. The zero-order chi connectivity index (χ0) is 21.4. The second kappa shape index (κ2) is 7.84. The van der Waals surface area contributed by atoms with Crippen molar-refractivity contribution in [3.63, 3.8) is 0 Å². The van der Waals surface area contributed by atoms with E-state index in [-0.39, 0.29) is 5.91 Å². The Bertz CT molecular complexity index is 1280. The fourth-order valence-electron chi connectivity index (χ4n) is 3.44. The molecule has 4 rings (SSSR count). The molecule has 152 valence electrons. The van der Waals surface area contributed by atoms with Gasteiger partial charge in [0.1, 0.15) is 11.3 Å². The highest BCUT2D eigenvalue weighted by atomic mass is 35.5. The van der Waals surface area contributed by atoms with Crippen LogP contribution in [-0.4, -0.2) is 18.0 Å². The molecule has 0 aliphatic rings. The van der Waals surface area contributed by atoms with Gasteiger partial charge in [-0.1, -0.05) is 23.7 Å². The minimum absolute atomic E-state index is 0.307. The van der Waals surface area contributed by atoms with Crippen LogP contribution in [0.25, 0.3) is 22.6 Å². The Hall–Kier alpha value is -3.31. The Morgan fingerprint density at radius 2 is 1.83 bits per heavy atom. The van der Waals surface area contributed by atoms with Crippen molar-refractivity contribution in [1.82, 2.24) is 4.98 Å². The summed E-state index contributed by atoms with van der Waals surface area (Å²) in [6, 6.07) is 14.7. The molecule has 1 amide bonds. The van der Waals surface area contributed by atoms with Gasteiger partial charge in [-0.2, -0.15) is 0 Å². The molecule has 0 saturated carbocycles. The molecule has 5 nitrogen and oxygen atoms in total. The third kappa shape index (κ3) is 3.76. The zero-order valence-electron chi connectivity index (χ0n) is 17.2. The van der Waals surface area contributed by atoms with Gasteiger partial charge in [0.25, 0.3) is 5.91 Å². The van der Waals surface area contributed by atoms with Crippen LogP contribution in [0.5, 0.6) is 5.75 Å². The number of nitrogens with one attached hydrogen (secondary N) is 1. The highest BCUT2D eigenvalue weighted by Gasteiger charge is 2.16. The van der Waals surface area contributed by atoms with E-state index in [0.29, 0.717) is 27.9 Å². The van der Waals surface area contributed by atoms with E-state index in [1.54, 1.807) is 18.2 Å². The number of aromatic nitrogens is 1. The SMILES string of the molecule is COc1ccc(Cl)cc1C(=O)Nc1cc(-c2nc3cc(C)cc(C)c3o2)ccc1C. The first-order valence-corrected chi connectivity index (χ1v) is 9.87. The largest absolute Gasteiger partial charge is 0.496 e. The van der Waals surface area contributed by atoms with Crippen LogP contribution >= 0.6 is 11.6 Å². The molecule has 0 unspecified atom stereocenters. The molecule has 0 saturated heterocycles. The molecule has 6 heteroatoms. The summed E-state index contributed by atoms with van der Waals surface area (Å²) in [5, 5.41) is 3.41. The number of ether oxygens (including phenoxy) is 1. The number of methoxy groups -OCH3 is 1. The van der Waals surface area contributed by atoms with E-state index in [1.165, 1.54) is 7.11 Å². The number of benzene rings is 3. The summed E-state index contributed by atoms with van der Waals surface area (Å²) in [7, 11) is 1.52. The van der Waals surface area contributed by atoms with Crippen molar-refractivity contribution in [1.29, 1.82) is 0 Å². The van der Waals surface area contributed by atoms with E-state index in [2.05, 4.69) is 16.4 Å². The Labute approximate surface area is 179 Å². The molecule has 0 fully saturated rings. The van der Waals surface area contributed by atoms with Gasteiger partial charge in [-0.15, -0.1) is 0 Å². The van der Waals surface area contributed by atoms with Crippen LogP contribution in [0.15, 0.2) is 52.9 Å². The average Bonchev–Trinajstić information content (AvgIpc) is 3.14. The maximum absolute atomic E-state index is 12.9. The first-order chi connectivity index (χ1) is 14.4. The molecule has 3 aromatic carbocycles. The smallest absolute Gasteiger partial charge is 0.259 e. The van der Waals surface area contributed by atoms with E-state index in [9.17, 15) is 4.79 Å². The standard InChI is InChI=1S/C24H21ClN2O3/c1-13-9-15(3)22-20(10-13)27-24(30-22)16-6-5-14(2)19(11-16)26-23(28)18-12-17(25)7-8-21(18)29-4/h5-12H,1-4H3,(H,26,28). The molecule has 0 aliphatic heterocycles. The zero-order valence-corrected chi connectivity index (χ0v) is 17.9. The van der Waals surface area contributed by atoms with Crippen molar-refractivity contribution < 1.29 is 13.9 Å². The number of rotatable bonds is 4. The monoisotopic (exact) mass is 420 g/mol. The van der Waals surface area contributed by atoms with Gasteiger partial charge in [-0.25, -0.2) is 4.98 Å². The minimum Gasteiger partial charge on any atom is -0.496 e. The summed E-state index contributed by atoms with van der Waals surface area (Å²) < 4.78 is 11.3. The quantitative estimate of drug-likeness (QED) is 0.418. The first-order valence-electron chi connectivity index (χ1n) is 9.49. The van der Waals surface area contributed by atoms with Crippen LogP contribution in [0, 0.1) is 20.8 Å². The molecular weight excluding hydrogens is 400 g/mol. The summed E-state index contributed by atoms with van der Waals surface area (Å²) in [6.07, 6.45) is 0. The highest BCUT2D eigenvalue weighted by Crippen LogP contribution is 2.31. The Morgan fingerprint density at radius 3 is 2.60 bits per heavy atom. The molecule has 1 heterocycles. The van der Waals surface area contributed by atoms with Crippen LogP contribution in [0.4, 0.5) is 5.69 Å². The number of amides is 1. The number of anilines is 1. The van der Waals surface area contributed by atoms with Crippen molar-refractivity contribution >= 4 is 34.3 Å². The molecule has 0 spiro atoms. The van der Waals surface area contributed by atoms with Gasteiger partial charge in [0.05, 0.1) is 12.7 Å². The van der Waals surface area contributed by atoms with E-state index >= 15 is 0 Å². The number of carbonyl (C=O) groups excluding carboxylic acids is 1. The molecule has 0 aliphatic carbocycles. The number of hydrogen-bond donors (Lipinski definition) is 1. The van der Waals surface area contributed by atoms with Gasteiger partial charge < -0.3 is 14.5 Å². The van der Waals surface area contributed by atoms with Gasteiger partial charge >= 0.3 is 0 Å². The van der Waals surface area contributed by atoms with Gasteiger partial charge in [-0.3, -0.25) is 4.79 Å². The third-order valence-electron chi connectivity index (χ3n) is 4.96. The Morgan fingerprint density at radius 1 is 1.03 bits per heavy atom. The fraction of sp³-hybridized carbons (Fsp3) is 0.167. The van der Waals surface area contributed by atoms with Gasteiger partial charge in [0.15, 0.2) is 5.58 Å². The molecule has 1 aromatic heterocycles. The van der Waals surface area contributed by atoms with Crippen LogP contribution in [0.3, 0.4) is 0 Å². The second-order valence-electron chi connectivity index (χ2n) is 7.28. The fourth-order valence-corrected chi connectivity index (χ4v) is 3.61.